The fourth-order valence-electron chi connectivity index (χ4n) is 1.94. The number of aliphatic imine (C=N–C) groups is 1. The fraction of sp³-hybridized carbons (Fsp3) is 0.467. The number of carbonyl (C=O) groups is 1. The average Bonchev–Trinajstić information content (AvgIpc) is 2.51. The number of carbonyl (C=O) groups excluding carboxylic acids is 1. The van der Waals surface area contributed by atoms with Crippen molar-refractivity contribution in [3.8, 4) is 11.5 Å². The molecule has 0 atom stereocenters. The molecule has 0 radical (unpaired) electrons. The number of ether oxygens (including phenoxy) is 2. The molecule has 1 rings (SSSR count). The van der Waals surface area contributed by atoms with Gasteiger partial charge in [-0.15, -0.1) is 0 Å². The Kier molecular flexibility index (Phi) is 7.47. The number of hydrogen-bond acceptors (Lipinski definition) is 4. The third kappa shape index (κ3) is 4.92. The molecule has 2 amide bonds. The minimum absolute atomic E-state index is 0.275. The van der Waals surface area contributed by atoms with E-state index < -0.39 is 6.03 Å². The van der Waals surface area contributed by atoms with Crippen molar-refractivity contribution in [1.29, 1.82) is 0 Å². The summed E-state index contributed by atoms with van der Waals surface area (Å²) < 4.78 is 10.5. The van der Waals surface area contributed by atoms with Crippen LogP contribution >= 0.6 is 11.6 Å². The van der Waals surface area contributed by atoms with Gasteiger partial charge in [0.15, 0.2) is 17.5 Å². The number of nitrogens with one attached hydrogen (secondary N) is 3. The zero-order chi connectivity index (χ0) is 17.4. The van der Waals surface area contributed by atoms with E-state index in [1.807, 2.05) is 20.8 Å². The largest absolute Gasteiger partial charge is 0.493 e. The molecule has 0 fully saturated rings. The summed E-state index contributed by atoms with van der Waals surface area (Å²) in [4.78, 5) is 16.3. The molecule has 128 valence electrons. The Morgan fingerprint density at radius 2 is 2.00 bits per heavy atom. The van der Waals surface area contributed by atoms with Crippen LogP contribution in [-0.4, -0.2) is 39.3 Å². The van der Waals surface area contributed by atoms with Crippen molar-refractivity contribution in [2.24, 2.45) is 4.99 Å². The molecular weight excluding hydrogens is 320 g/mol. The lowest BCUT2D eigenvalue weighted by Crippen LogP contribution is -2.43. The normalized spacial score (nSPS) is 11.0. The van der Waals surface area contributed by atoms with E-state index in [4.69, 9.17) is 21.1 Å². The number of amides is 2. The van der Waals surface area contributed by atoms with Crippen LogP contribution in [0.4, 0.5) is 10.5 Å². The van der Waals surface area contributed by atoms with Crippen LogP contribution in [-0.2, 0) is 0 Å². The molecule has 0 aliphatic heterocycles. The average molecular weight is 343 g/mol. The minimum Gasteiger partial charge on any atom is -0.493 e. The molecule has 0 aromatic heterocycles. The lowest BCUT2D eigenvalue weighted by Gasteiger charge is -2.17. The molecule has 0 bridgehead atoms. The Bertz CT molecular complexity index is 591. The number of aryl methyl sites for hydroxylation is 1. The van der Waals surface area contributed by atoms with E-state index in [0.717, 1.165) is 5.56 Å². The minimum atomic E-state index is -0.449. The smallest absolute Gasteiger partial charge is 0.326 e. The van der Waals surface area contributed by atoms with Crippen molar-refractivity contribution in [2.75, 3.05) is 32.6 Å². The summed E-state index contributed by atoms with van der Waals surface area (Å²) in [5.41, 5.74) is 1.20. The summed E-state index contributed by atoms with van der Waals surface area (Å²) in [6.07, 6.45) is 0. The number of anilines is 1. The highest BCUT2D eigenvalue weighted by Gasteiger charge is 2.18. The maximum atomic E-state index is 12.2. The maximum Gasteiger partial charge on any atom is 0.326 e. The van der Waals surface area contributed by atoms with Crippen molar-refractivity contribution in [2.45, 2.75) is 20.8 Å². The lowest BCUT2D eigenvalue weighted by molar-refractivity contribution is 0.256. The first-order valence-electron chi connectivity index (χ1n) is 7.25. The van der Waals surface area contributed by atoms with E-state index >= 15 is 0 Å². The van der Waals surface area contributed by atoms with Crippen molar-refractivity contribution in [1.82, 2.24) is 10.6 Å². The predicted octanol–water partition coefficient (Wildman–Crippen LogP) is 2.77. The molecule has 0 aliphatic carbocycles. The molecule has 23 heavy (non-hydrogen) atoms. The van der Waals surface area contributed by atoms with Gasteiger partial charge in [-0.1, -0.05) is 11.6 Å². The van der Waals surface area contributed by atoms with Gasteiger partial charge in [0, 0.05) is 13.1 Å². The summed E-state index contributed by atoms with van der Waals surface area (Å²) in [6, 6.07) is 1.29. The Labute approximate surface area is 141 Å². The van der Waals surface area contributed by atoms with Gasteiger partial charge in [0.05, 0.1) is 19.9 Å². The van der Waals surface area contributed by atoms with Crippen LogP contribution in [0.2, 0.25) is 5.02 Å². The number of halogens is 1. The molecule has 7 nitrogen and oxygen atoms in total. The van der Waals surface area contributed by atoms with E-state index in [1.165, 1.54) is 14.2 Å². The van der Waals surface area contributed by atoms with Crippen molar-refractivity contribution < 1.29 is 14.3 Å². The number of methoxy groups -OCH3 is 2. The molecule has 8 heteroatoms. The zero-order valence-corrected chi connectivity index (χ0v) is 14.8. The van der Waals surface area contributed by atoms with Crippen LogP contribution in [0.3, 0.4) is 0 Å². The molecule has 0 unspecified atom stereocenters. The quantitative estimate of drug-likeness (QED) is 0.567. The van der Waals surface area contributed by atoms with Crippen LogP contribution in [0.5, 0.6) is 11.5 Å². The Morgan fingerprint density at radius 1 is 1.30 bits per heavy atom. The summed E-state index contributed by atoms with van der Waals surface area (Å²) in [7, 11) is 3.01. The molecule has 0 aliphatic rings. The van der Waals surface area contributed by atoms with Gasteiger partial charge in [0.2, 0.25) is 0 Å². The molecule has 0 saturated heterocycles. The molecule has 1 aromatic carbocycles. The highest BCUT2D eigenvalue weighted by atomic mass is 35.5. The van der Waals surface area contributed by atoms with Crippen LogP contribution in [0.15, 0.2) is 11.1 Å². The van der Waals surface area contributed by atoms with Gasteiger partial charge in [-0.2, -0.15) is 0 Å². The molecule has 0 heterocycles. The van der Waals surface area contributed by atoms with Gasteiger partial charge in [-0.25, -0.2) is 4.79 Å². The Hall–Kier alpha value is -2.15. The Morgan fingerprint density at radius 3 is 2.52 bits per heavy atom. The molecule has 0 spiro atoms. The predicted molar refractivity (Wildman–Crippen MR) is 93.1 cm³/mol. The monoisotopic (exact) mass is 342 g/mol. The Balaban J connectivity index is 3.00. The van der Waals surface area contributed by atoms with E-state index in [-0.39, 0.29) is 5.02 Å². The van der Waals surface area contributed by atoms with Gasteiger partial charge in [-0.3, -0.25) is 10.3 Å². The van der Waals surface area contributed by atoms with Crippen molar-refractivity contribution >= 4 is 29.3 Å². The van der Waals surface area contributed by atoms with Gasteiger partial charge >= 0.3 is 6.03 Å². The van der Waals surface area contributed by atoms with Crippen LogP contribution in [0.1, 0.15) is 19.4 Å². The molecule has 1 aromatic rings. The fourth-order valence-corrected chi connectivity index (χ4v) is 2.31. The third-order valence-corrected chi connectivity index (χ3v) is 3.30. The molecular formula is C15H23ClN4O3. The van der Waals surface area contributed by atoms with Crippen LogP contribution < -0.4 is 25.4 Å². The van der Waals surface area contributed by atoms with Gasteiger partial charge < -0.3 is 20.1 Å². The first-order valence-corrected chi connectivity index (χ1v) is 7.63. The van der Waals surface area contributed by atoms with Gasteiger partial charge in [-0.05, 0) is 32.4 Å². The summed E-state index contributed by atoms with van der Waals surface area (Å²) in [6.45, 7) is 6.81. The topological polar surface area (TPSA) is 84.0 Å². The van der Waals surface area contributed by atoms with Gasteiger partial charge in [0.1, 0.15) is 5.02 Å². The highest BCUT2D eigenvalue weighted by molar-refractivity contribution is 6.35. The maximum absolute atomic E-state index is 12.2. The van der Waals surface area contributed by atoms with Gasteiger partial charge in [0.25, 0.3) is 0 Å². The number of hydrogen-bond donors (Lipinski definition) is 3. The number of urea groups is 1. The summed E-state index contributed by atoms with van der Waals surface area (Å²) in [5.74, 6) is 1.27. The zero-order valence-electron chi connectivity index (χ0n) is 14.0. The number of rotatable bonds is 5. The SMILES string of the molecule is CCN=C(NCC)NC(=O)Nc1c(C)cc(OC)c(OC)c1Cl. The van der Waals surface area contributed by atoms with E-state index in [9.17, 15) is 4.79 Å². The second kappa shape index (κ2) is 9.09. The number of benzene rings is 1. The highest BCUT2D eigenvalue weighted by Crippen LogP contribution is 2.42. The second-order valence-electron chi connectivity index (χ2n) is 4.55. The summed E-state index contributed by atoms with van der Waals surface area (Å²) in [5, 5.41) is 8.60. The van der Waals surface area contributed by atoms with E-state index in [1.54, 1.807) is 6.07 Å². The third-order valence-electron chi connectivity index (χ3n) is 2.94. The van der Waals surface area contributed by atoms with Crippen LogP contribution in [0.25, 0.3) is 0 Å². The van der Waals surface area contributed by atoms with E-state index in [2.05, 4.69) is 20.9 Å². The summed E-state index contributed by atoms with van der Waals surface area (Å²) >= 11 is 6.31. The standard InChI is InChI=1S/C15H23ClN4O3/c1-6-17-14(18-7-2)20-15(21)19-12-9(3)8-10(22-4)13(23-5)11(12)16/h8H,6-7H2,1-5H3,(H3,17,18,19,20,21). The van der Waals surface area contributed by atoms with Crippen molar-refractivity contribution in [3.63, 3.8) is 0 Å². The molecule has 3 N–H and O–H groups in total. The lowest BCUT2D eigenvalue weighted by atomic mass is 10.1. The van der Waals surface area contributed by atoms with Crippen LogP contribution in [0, 0.1) is 6.92 Å². The van der Waals surface area contributed by atoms with E-state index in [0.29, 0.717) is 36.2 Å². The molecule has 0 saturated carbocycles. The second-order valence-corrected chi connectivity index (χ2v) is 4.93. The van der Waals surface area contributed by atoms with Crippen molar-refractivity contribution in [3.05, 3.63) is 16.7 Å². The number of guanidine groups is 1. The first-order chi connectivity index (χ1) is 11.0. The first kappa shape index (κ1) is 18.9. The number of nitrogens with zero attached hydrogens (tertiary/aromatic N) is 1.